The van der Waals surface area contributed by atoms with Gasteiger partial charge in [0.25, 0.3) is 0 Å². The average molecular weight is 249 g/mol. The molecule has 1 aliphatic carbocycles. The van der Waals surface area contributed by atoms with Gasteiger partial charge in [0.1, 0.15) is 11.4 Å². The highest BCUT2D eigenvalue weighted by Gasteiger charge is 2.54. The summed E-state index contributed by atoms with van der Waals surface area (Å²) < 4.78 is 10.5. The molecule has 4 heteroatoms. The molecule has 0 aromatic heterocycles. The zero-order valence-electron chi connectivity index (χ0n) is 11.0. The number of primary amides is 1. The summed E-state index contributed by atoms with van der Waals surface area (Å²) in [7, 11) is 3.18. The Hall–Kier alpha value is -1.55. The Kier molecular flexibility index (Phi) is 3.30. The van der Waals surface area contributed by atoms with Gasteiger partial charge in [-0.05, 0) is 37.0 Å². The summed E-state index contributed by atoms with van der Waals surface area (Å²) in [5.41, 5.74) is 5.72. The fraction of sp³-hybridized carbons (Fsp3) is 0.500. The molecule has 0 heterocycles. The molecular weight excluding hydrogens is 230 g/mol. The largest absolute Gasteiger partial charge is 0.497 e. The van der Waals surface area contributed by atoms with Gasteiger partial charge in [0.15, 0.2) is 0 Å². The third kappa shape index (κ3) is 2.08. The molecule has 1 aliphatic rings. The number of amides is 1. The Labute approximate surface area is 107 Å². The monoisotopic (exact) mass is 249 g/mol. The Morgan fingerprint density at radius 3 is 2.72 bits per heavy atom. The second kappa shape index (κ2) is 4.61. The van der Waals surface area contributed by atoms with Crippen LogP contribution in [0.1, 0.15) is 24.8 Å². The van der Waals surface area contributed by atoms with Crippen LogP contribution in [0.3, 0.4) is 0 Å². The molecule has 0 saturated heterocycles. The van der Waals surface area contributed by atoms with Crippen LogP contribution in [0.4, 0.5) is 0 Å². The Morgan fingerprint density at radius 2 is 2.17 bits per heavy atom. The van der Waals surface area contributed by atoms with Gasteiger partial charge < -0.3 is 15.2 Å². The van der Waals surface area contributed by atoms with Gasteiger partial charge in [-0.25, -0.2) is 0 Å². The highest BCUT2D eigenvalue weighted by atomic mass is 16.5. The van der Waals surface area contributed by atoms with Gasteiger partial charge in [-0.15, -0.1) is 0 Å². The lowest BCUT2D eigenvalue weighted by Crippen LogP contribution is -2.45. The molecule has 3 unspecified atom stereocenters. The first-order chi connectivity index (χ1) is 8.52. The second-order valence-corrected chi connectivity index (χ2v) is 4.90. The van der Waals surface area contributed by atoms with E-state index >= 15 is 0 Å². The van der Waals surface area contributed by atoms with Gasteiger partial charge in [0, 0.05) is 13.0 Å². The Morgan fingerprint density at radius 1 is 1.44 bits per heavy atom. The maximum absolute atomic E-state index is 11.5. The molecule has 98 valence electrons. The van der Waals surface area contributed by atoms with E-state index in [9.17, 15) is 4.79 Å². The maximum Gasteiger partial charge on any atom is 0.249 e. The molecule has 0 bridgehead atoms. The van der Waals surface area contributed by atoms with Crippen LogP contribution in [0.15, 0.2) is 24.3 Å². The number of benzene rings is 1. The van der Waals surface area contributed by atoms with Crippen LogP contribution in [0.25, 0.3) is 0 Å². The van der Waals surface area contributed by atoms with Crippen LogP contribution in [0.5, 0.6) is 5.75 Å². The minimum atomic E-state index is -0.881. The Bertz CT molecular complexity index is 460. The number of rotatable bonds is 5. The van der Waals surface area contributed by atoms with E-state index in [1.54, 1.807) is 14.0 Å². The zero-order valence-corrected chi connectivity index (χ0v) is 11.0. The lowest BCUT2D eigenvalue weighted by Gasteiger charge is -2.24. The molecule has 3 atom stereocenters. The lowest BCUT2D eigenvalue weighted by atomic mass is 9.95. The molecule has 1 aromatic carbocycles. The standard InChI is InChI=1S/C14H19NO3/c1-14(18-3,13(15)16)12-8-11(12)9-5-4-6-10(7-9)17-2/h4-7,11-12H,8H2,1-3H3,(H2,15,16). The van der Waals surface area contributed by atoms with Crippen molar-refractivity contribution in [2.45, 2.75) is 24.9 Å². The molecule has 0 radical (unpaired) electrons. The van der Waals surface area contributed by atoms with E-state index in [1.165, 1.54) is 12.7 Å². The first-order valence-electron chi connectivity index (χ1n) is 6.02. The van der Waals surface area contributed by atoms with Crippen LogP contribution >= 0.6 is 0 Å². The second-order valence-electron chi connectivity index (χ2n) is 4.90. The van der Waals surface area contributed by atoms with Gasteiger partial charge >= 0.3 is 0 Å². The van der Waals surface area contributed by atoms with Crippen LogP contribution in [0.2, 0.25) is 0 Å². The number of nitrogens with two attached hydrogens (primary N) is 1. The number of hydrogen-bond donors (Lipinski definition) is 1. The number of ether oxygens (including phenoxy) is 2. The number of methoxy groups -OCH3 is 2. The molecule has 1 saturated carbocycles. The van der Waals surface area contributed by atoms with Crippen molar-refractivity contribution < 1.29 is 14.3 Å². The molecular formula is C14H19NO3. The number of hydrogen-bond acceptors (Lipinski definition) is 3. The topological polar surface area (TPSA) is 61.6 Å². The summed E-state index contributed by atoms with van der Waals surface area (Å²) in [4.78, 5) is 11.5. The third-order valence-corrected chi connectivity index (χ3v) is 3.93. The van der Waals surface area contributed by atoms with Crippen LogP contribution in [0, 0.1) is 5.92 Å². The van der Waals surface area contributed by atoms with Crippen molar-refractivity contribution in [2.75, 3.05) is 14.2 Å². The molecule has 4 nitrogen and oxygen atoms in total. The van der Waals surface area contributed by atoms with Crippen LogP contribution < -0.4 is 10.5 Å². The first kappa shape index (κ1) is 12.9. The minimum Gasteiger partial charge on any atom is -0.497 e. The SMILES string of the molecule is COc1cccc(C2CC2C(C)(OC)C(N)=O)c1. The molecule has 1 aromatic rings. The van der Waals surface area contributed by atoms with Crippen molar-refractivity contribution in [3.05, 3.63) is 29.8 Å². The van der Waals surface area contributed by atoms with Gasteiger partial charge in [-0.2, -0.15) is 0 Å². The van der Waals surface area contributed by atoms with E-state index in [4.69, 9.17) is 15.2 Å². The minimum absolute atomic E-state index is 0.145. The predicted octanol–water partition coefficient (Wildman–Crippen LogP) is 1.69. The molecule has 1 fully saturated rings. The lowest BCUT2D eigenvalue weighted by molar-refractivity contribution is -0.140. The van der Waals surface area contributed by atoms with E-state index in [1.807, 2.05) is 24.3 Å². The maximum atomic E-state index is 11.5. The van der Waals surface area contributed by atoms with E-state index in [2.05, 4.69) is 0 Å². The summed E-state index contributed by atoms with van der Waals surface area (Å²) in [6.07, 6.45) is 0.917. The van der Waals surface area contributed by atoms with E-state index in [0.717, 1.165) is 12.2 Å². The molecule has 0 spiro atoms. The third-order valence-electron chi connectivity index (χ3n) is 3.93. The summed E-state index contributed by atoms with van der Waals surface area (Å²) >= 11 is 0. The van der Waals surface area contributed by atoms with Crippen LogP contribution in [-0.2, 0) is 9.53 Å². The smallest absolute Gasteiger partial charge is 0.249 e. The van der Waals surface area contributed by atoms with Crippen molar-refractivity contribution in [1.82, 2.24) is 0 Å². The molecule has 1 amide bonds. The summed E-state index contributed by atoms with van der Waals surface area (Å²) in [6.45, 7) is 1.76. The summed E-state index contributed by atoms with van der Waals surface area (Å²) in [5, 5.41) is 0. The zero-order chi connectivity index (χ0) is 13.3. The van der Waals surface area contributed by atoms with Gasteiger partial charge in [0.05, 0.1) is 7.11 Å². The fourth-order valence-electron chi connectivity index (χ4n) is 2.48. The molecule has 2 N–H and O–H groups in total. The quantitative estimate of drug-likeness (QED) is 0.863. The highest BCUT2D eigenvalue weighted by Crippen LogP contribution is 2.54. The number of carbonyl (C=O) groups is 1. The fourth-order valence-corrected chi connectivity index (χ4v) is 2.48. The van der Waals surface area contributed by atoms with Crippen molar-refractivity contribution in [3.8, 4) is 5.75 Å². The average Bonchev–Trinajstić information content (AvgIpc) is 3.18. The van der Waals surface area contributed by atoms with Crippen molar-refractivity contribution >= 4 is 5.91 Å². The van der Waals surface area contributed by atoms with E-state index in [-0.39, 0.29) is 5.92 Å². The van der Waals surface area contributed by atoms with Crippen molar-refractivity contribution in [1.29, 1.82) is 0 Å². The summed E-state index contributed by atoms with van der Waals surface area (Å²) in [5.74, 6) is 0.890. The van der Waals surface area contributed by atoms with Crippen molar-refractivity contribution in [3.63, 3.8) is 0 Å². The normalized spacial score (nSPS) is 25.3. The van der Waals surface area contributed by atoms with E-state index < -0.39 is 11.5 Å². The first-order valence-corrected chi connectivity index (χ1v) is 6.02. The summed E-state index contributed by atoms with van der Waals surface area (Å²) in [6, 6.07) is 7.91. The highest BCUT2D eigenvalue weighted by molar-refractivity contribution is 5.84. The van der Waals surface area contributed by atoms with Crippen LogP contribution in [-0.4, -0.2) is 25.7 Å². The number of carbonyl (C=O) groups excluding carboxylic acids is 1. The molecule has 0 aliphatic heterocycles. The van der Waals surface area contributed by atoms with Crippen molar-refractivity contribution in [2.24, 2.45) is 11.7 Å². The molecule has 18 heavy (non-hydrogen) atoms. The molecule has 2 rings (SSSR count). The predicted molar refractivity (Wildman–Crippen MR) is 68.5 cm³/mol. The van der Waals surface area contributed by atoms with Gasteiger partial charge in [0.2, 0.25) is 5.91 Å². The van der Waals surface area contributed by atoms with Gasteiger partial charge in [-0.1, -0.05) is 12.1 Å². The van der Waals surface area contributed by atoms with Gasteiger partial charge in [-0.3, -0.25) is 4.79 Å². The Balaban J connectivity index is 2.17. The van der Waals surface area contributed by atoms with E-state index in [0.29, 0.717) is 5.92 Å².